The summed E-state index contributed by atoms with van der Waals surface area (Å²) in [7, 11) is 1.60. The van der Waals surface area contributed by atoms with Crippen LogP contribution >= 0.6 is 0 Å². The van der Waals surface area contributed by atoms with Crippen molar-refractivity contribution in [3.8, 4) is 0 Å². The number of nitrogens with zero attached hydrogens (tertiary/aromatic N) is 2. The van der Waals surface area contributed by atoms with Gasteiger partial charge in [0, 0.05) is 44.6 Å². The van der Waals surface area contributed by atoms with Crippen molar-refractivity contribution in [2.75, 3.05) is 38.3 Å². The van der Waals surface area contributed by atoms with Crippen molar-refractivity contribution >= 4 is 17.5 Å². The number of methoxy groups -OCH3 is 1. The lowest BCUT2D eigenvalue weighted by molar-refractivity contribution is -0.122. The fourth-order valence-corrected chi connectivity index (χ4v) is 4.24. The van der Waals surface area contributed by atoms with Gasteiger partial charge in [-0.2, -0.15) is 0 Å². The number of carbonyl (C=O) groups excluding carboxylic acids is 2. The number of hydrogen-bond acceptors (Lipinski definition) is 5. The largest absolute Gasteiger partial charge is 0.456 e. The van der Waals surface area contributed by atoms with Crippen LogP contribution in [-0.4, -0.2) is 50.1 Å². The molecule has 1 spiro atoms. The maximum atomic E-state index is 13.4. The predicted molar refractivity (Wildman–Crippen MR) is 103 cm³/mol. The quantitative estimate of drug-likeness (QED) is 0.805. The number of carbonyl (C=O) groups is 2. The molecule has 2 aliphatic rings. The number of fused-ring (bicyclic) bond motifs is 2. The Bertz CT molecular complexity index is 998. The standard InChI is InChI=1S/C21H22N2O5/c1-14-11-15(24)12-18(28-14)19(25)22-8-7-21(13-22)16-5-3-4-6-17(16)23(20(21)26)9-10-27-2/h3-6,11-12H,7-10,13H2,1-2H3. The lowest BCUT2D eigenvalue weighted by Crippen LogP contribution is -2.44. The molecule has 1 unspecified atom stereocenters. The normalized spacial score (nSPS) is 20.9. The molecule has 0 saturated carbocycles. The molecule has 1 aromatic heterocycles. The molecular formula is C21H22N2O5. The van der Waals surface area contributed by atoms with Crippen molar-refractivity contribution in [3.05, 3.63) is 63.7 Å². The van der Waals surface area contributed by atoms with E-state index in [4.69, 9.17) is 9.15 Å². The second-order valence-electron chi connectivity index (χ2n) is 7.29. The van der Waals surface area contributed by atoms with Crippen molar-refractivity contribution < 1.29 is 18.7 Å². The monoisotopic (exact) mass is 382 g/mol. The fraction of sp³-hybridized carbons (Fsp3) is 0.381. The topological polar surface area (TPSA) is 80.1 Å². The number of para-hydroxylation sites is 1. The van der Waals surface area contributed by atoms with Crippen LogP contribution in [-0.2, 0) is 14.9 Å². The van der Waals surface area contributed by atoms with Gasteiger partial charge in [-0.3, -0.25) is 14.4 Å². The molecule has 3 heterocycles. The summed E-state index contributed by atoms with van der Waals surface area (Å²) >= 11 is 0. The number of aryl methyl sites for hydroxylation is 1. The van der Waals surface area contributed by atoms with Gasteiger partial charge in [0.2, 0.25) is 5.91 Å². The third-order valence-corrected chi connectivity index (χ3v) is 5.54. The predicted octanol–water partition coefficient (Wildman–Crippen LogP) is 1.73. The summed E-state index contributed by atoms with van der Waals surface area (Å²) in [5.41, 5.74) is 0.788. The number of anilines is 1. The summed E-state index contributed by atoms with van der Waals surface area (Å²) in [6, 6.07) is 10.3. The highest BCUT2D eigenvalue weighted by atomic mass is 16.5. The zero-order chi connectivity index (χ0) is 19.9. The Morgan fingerprint density at radius 2 is 2.04 bits per heavy atom. The third-order valence-electron chi connectivity index (χ3n) is 5.54. The lowest BCUT2D eigenvalue weighted by Gasteiger charge is -2.24. The van der Waals surface area contributed by atoms with E-state index in [1.165, 1.54) is 12.1 Å². The van der Waals surface area contributed by atoms with Crippen molar-refractivity contribution in [1.29, 1.82) is 0 Å². The number of amides is 2. The van der Waals surface area contributed by atoms with Gasteiger partial charge in [0.05, 0.1) is 12.0 Å². The SMILES string of the molecule is COCCN1C(=O)C2(CCN(C(=O)c3cc(=O)cc(C)o3)C2)c2ccccc21. The first-order valence-corrected chi connectivity index (χ1v) is 9.28. The molecule has 7 nitrogen and oxygen atoms in total. The van der Waals surface area contributed by atoms with Gasteiger partial charge in [0.1, 0.15) is 5.76 Å². The van der Waals surface area contributed by atoms with E-state index in [0.717, 1.165) is 11.3 Å². The number of benzene rings is 1. The molecule has 2 aliphatic heterocycles. The summed E-state index contributed by atoms with van der Waals surface area (Å²) in [6.07, 6.45) is 0.536. The summed E-state index contributed by atoms with van der Waals surface area (Å²) in [5.74, 6) is 0.0276. The first kappa shape index (κ1) is 18.4. The van der Waals surface area contributed by atoms with Crippen LogP contribution in [0.3, 0.4) is 0 Å². The summed E-state index contributed by atoms with van der Waals surface area (Å²) in [5, 5.41) is 0. The van der Waals surface area contributed by atoms with Crippen molar-refractivity contribution in [1.82, 2.24) is 4.90 Å². The molecule has 1 aromatic carbocycles. The van der Waals surface area contributed by atoms with Gasteiger partial charge in [-0.1, -0.05) is 18.2 Å². The van der Waals surface area contributed by atoms with Crippen molar-refractivity contribution in [2.45, 2.75) is 18.8 Å². The van der Waals surface area contributed by atoms with Crippen LogP contribution in [0, 0.1) is 6.92 Å². The van der Waals surface area contributed by atoms with Gasteiger partial charge >= 0.3 is 0 Å². The number of rotatable bonds is 4. The van der Waals surface area contributed by atoms with E-state index in [1.54, 1.807) is 23.8 Å². The second kappa shape index (κ2) is 6.91. The highest BCUT2D eigenvalue weighted by Gasteiger charge is 2.55. The average molecular weight is 382 g/mol. The lowest BCUT2D eigenvalue weighted by atomic mass is 9.81. The van der Waals surface area contributed by atoms with Crippen LogP contribution in [0.2, 0.25) is 0 Å². The minimum atomic E-state index is -0.760. The maximum absolute atomic E-state index is 13.4. The molecule has 0 aliphatic carbocycles. The Morgan fingerprint density at radius 3 is 2.79 bits per heavy atom. The Hall–Kier alpha value is -2.93. The van der Waals surface area contributed by atoms with E-state index in [-0.39, 0.29) is 29.5 Å². The molecule has 7 heteroatoms. The molecule has 1 saturated heterocycles. The Kier molecular flexibility index (Phi) is 4.55. The first-order valence-electron chi connectivity index (χ1n) is 9.28. The highest BCUT2D eigenvalue weighted by molar-refractivity contribution is 6.09. The zero-order valence-electron chi connectivity index (χ0n) is 15.9. The fourth-order valence-electron chi connectivity index (χ4n) is 4.24. The second-order valence-corrected chi connectivity index (χ2v) is 7.29. The van der Waals surface area contributed by atoms with Gasteiger partial charge in [-0.05, 0) is 25.0 Å². The highest BCUT2D eigenvalue weighted by Crippen LogP contribution is 2.47. The minimum absolute atomic E-state index is 0.00764. The molecule has 2 aromatic rings. The number of ether oxygens (including phenoxy) is 1. The average Bonchev–Trinajstić information content (AvgIpc) is 3.22. The van der Waals surface area contributed by atoms with E-state index >= 15 is 0 Å². The molecule has 0 radical (unpaired) electrons. The minimum Gasteiger partial charge on any atom is -0.456 e. The van der Waals surface area contributed by atoms with E-state index in [1.807, 2.05) is 24.3 Å². The first-order chi connectivity index (χ1) is 13.5. The van der Waals surface area contributed by atoms with Crippen LogP contribution < -0.4 is 10.3 Å². The molecule has 0 bridgehead atoms. The van der Waals surface area contributed by atoms with Crippen LogP contribution in [0.15, 0.2) is 45.6 Å². The number of hydrogen-bond donors (Lipinski definition) is 0. The summed E-state index contributed by atoms with van der Waals surface area (Å²) in [6.45, 7) is 3.23. The van der Waals surface area contributed by atoms with Crippen molar-refractivity contribution in [2.24, 2.45) is 0 Å². The van der Waals surface area contributed by atoms with Crippen LogP contribution in [0.5, 0.6) is 0 Å². The maximum Gasteiger partial charge on any atom is 0.289 e. The van der Waals surface area contributed by atoms with Gasteiger partial charge < -0.3 is 19.0 Å². The smallest absolute Gasteiger partial charge is 0.289 e. The Balaban J connectivity index is 1.65. The Labute approximate surface area is 162 Å². The van der Waals surface area contributed by atoms with Gasteiger partial charge in [-0.15, -0.1) is 0 Å². The third kappa shape index (κ3) is 2.82. The van der Waals surface area contributed by atoms with Crippen molar-refractivity contribution in [3.63, 3.8) is 0 Å². The van der Waals surface area contributed by atoms with E-state index in [0.29, 0.717) is 31.9 Å². The molecular weight excluding hydrogens is 360 g/mol. The Morgan fingerprint density at radius 1 is 1.25 bits per heavy atom. The van der Waals surface area contributed by atoms with Crippen LogP contribution in [0.25, 0.3) is 0 Å². The summed E-state index contributed by atoms with van der Waals surface area (Å²) < 4.78 is 10.6. The van der Waals surface area contributed by atoms with Gasteiger partial charge in [0.15, 0.2) is 11.2 Å². The summed E-state index contributed by atoms with van der Waals surface area (Å²) in [4.78, 5) is 41.4. The molecule has 1 fully saturated rings. The van der Waals surface area contributed by atoms with E-state index in [2.05, 4.69) is 0 Å². The van der Waals surface area contributed by atoms with E-state index < -0.39 is 5.41 Å². The van der Waals surface area contributed by atoms with E-state index in [9.17, 15) is 14.4 Å². The van der Waals surface area contributed by atoms with Crippen LogP contribution in [0.1, 0.15) is 28.3 Å². The molecule has 1 atom stereocenters. The molecule has 28 heavy (non-hydrogen) atoms. The molecule has 4 rings (SSSR count). The van der Waals surface area contributed by atoms with Gasteiger partial charge in [-0.25, -0.2) is 0 Å². The van der Waals surface area contributed by atoms with Gasteiger partial charge in [0.25, 0.3) is 5.91 Å². The number of likely N-dealkylation sites (tertiary alicyclic amines) is 1. The molecule has 146 valence electrons. The van der Waals surface area contributed by atoms with Crippen LogP contribution in [0.4, 0.5) is 5.69 Å². The molecule has 0 N–H and O–H groups in total. The molecule has 2 amide bonds. The zero-order valence-corrected chi connectivity index (χ0v) is 15.9.